The third-order valence-electron chi connectivity index (χ3n) is 3.63. The van der Waals surface area contributed by atoms with E-state index in [4.69, 9.17) is 0 Å². The van der Waals surface area contributed by atoms with Gasteiger partial charge >= 0.3 is 0 Å². The summed E-state index contributed by atoms with van der Waals surface area (Å²) in [6, 6.07) is 17.6. The fourth-order valence-corrected chi connectivity index (χ4v) is 3.84. The molecule has 1 aromatic heterocycles. The topological polar surface area (TPSA) is 58.1 Å². The maximum Gasteiger partial charge on any atom is 0.237 e. The van der Waals surface area contributed by atoms with Crippen LogP contribution in [-0.4, -0.2) is 28.9 Å². The van der Waals surface area contributed by atoms with Crippen molar-refractivity contribution in [3.63, 3.8) is 0 Å². The molecule has 3 rings (SSSR count). The van der Waals surface area contributed by atoms with E-state index in [1.807, 2.05) is 61.5 Å². The van der Waals surface area contributed by atoms with E-state index in [9.17, 15) is 4.79 Å². The molecule has 5 nitrogen and oxygen atoms in total. The number of benzene rings is 2. The molecule has 1 amide bonds. The van der Waals surface area contributed by atoms with E-state index in [1.54, 1.807) is 11.9 Å². The molecule has 0 saturated heterocycles. The Hall–Kier alpha value is -2.38. The third-order valence-corrected chi connectivity index (χ3v) is 5.59. The molecule has 25 heavy (non-hydrogen) atoms. The third kappa shape index (κ3) is 4.58. The van der Waals surface area contributed by atoms with Crippen LogP contribution in [0.2, 0.25) is 0 Å². The van der Waals surface area contributed by atoms with E-state index < -0.39 is 0 Å². The lowest BCUT2D eigenvalue weighted by molar-refractivity contribution is -0.115. The molecule has 0 unspecified atom stereocenters. The first-order valence-electron chi connectivity index (χ1n) is 7.74. The molecule has 2 aromatic carbocycles. The van der Waals surface area contributed by atoms with Crippen molar-refractivity contribution >= 4 is 45.5 Å². The van der Waals surface area contributed by atoms with Gasteiger partial charge < -0.3 is 10.2 Å². The van der Waals surface area contributed by atoms with Crippen molar-refractivity contribution in [2.45, 2.75) is 11.3 Å². The van der Waals surface area contributed by atoms with E-state index >= 15 is 0 Å². The molecule has 0 aliphatic heterocycles. The van der Waals surface area contributed by atoms with E-state index in [1.165, 1.54) is 23.1 Å². The molecule has 0 atom stereocenters. The highest BCUT2D eigenvalue weighted by Crippen LogP contribution is 2.29. The van der Waals surface area contributed by atoms with Gasteiger partial charge in [0.25, 0.3) is 0 Å². The molecule has 0 saturated carbocycles. The average Bonchev–Trinajstić information content (AvgIpc) is 3.09. The van der Waals surface area contributed by atoms with E-state index in [0.717, 1.165) is 26.4 Å². The molecule has 0 spiro atoms. The maximum atomic E-state index is 12.3. The lowest BCUT2D eigenvalue weighted by Gasteiger charge is -2.16. The highest BCUT2D eigenvalue weighted by molar-refractivity contribution is 8.01. The predicted molar refractivity (Wildman–Crippen MR) is 105 cm³/mol. The maximum absolute atomic E-state index is 12.3. The van der Waals surface area contributed by atoms with Gasteiger partial charge in [-0.2, -0.15) is 0 Å². The first-order valence-corrected chi connectivity index (χ1v) is 9.54. The molecule has 0 fully saturated rings. The lowest BCUT2D eigenvalue weighted by atomic mass is 10.2. The highest BCUT2D eigenvalue weighted by atomic mass is 32.2. The van der Waals surface area contributed by atoms with Crippen LogP contribution in [0, 0.1) is 6.92 Å². The Kier molecular flexibility index (Phi) is 5.67. The van der Waals surface area contributed by atoms with E-state index in [-0.39, 0.29) is 5.91 Å². The number of anilines is 3. The van der Waals surface area contributed by atoms with Gasteiger partial charge in [0.2, 0.25) is 11.0 Å². The molecule has 0 aliphatic rings. The van der Waals surface area contributed by atoms with Gasteiger partial charge in [0.05, 0.1) is 5.75 Å². The first kappa shape index (κ1) is 17.4. The zero-order chi connectivity index (χ0) is 17.6. The second kappa shape index (κ2) is 8.13. The molecule has 3 aromatic rings. The summed E-state index contributed by atoms with van der Waals surface area (Å²) in [6.07, 6.45) is 0. The van der Waals surface area contributed by atoms with Crippen LogP contribution in [0.3, 0.4) is 0 Å². The molecule has 1 heterocycles. The normalized spacial score (nSPS) is 10.5. The Balaban J connectivity index is 1.57. The van der Waals surface area contributed by atoms with Crippen molar-refractivity contribution in [3.8, 4) is 0 Å². The van der Waals surface area contributed by atoms with Gasteiger partial charge in [-0.1, -0.05) is 59.5 Å². The van der Waals surface area contributed by atoms with Gasteiger partial charge in [-0.3, -0.25) is 4.79 Å². The summed E-state index contributed by atoms with van der Waals surface area (Å²) in [5.41, 5.74) is 3.04. The Morgan fingerprint density at radius 3 is 2.60 bits per heavy atom. The monoisotopic (exact) mass is 370 g/mol. The Morgan fingerprint density at radius 1 is 1.12 bits per heavy atom. The van der Waals surface area contributed by atoms with Crippen LogP contribution in [0.4, 0.5) is 16.5 Å². The molecule has 1 N–H and O–H groups in total. The number of nitrogens with one attached hydrogen (secondary N) is 1. The first-order chi connectivity index (χ1) is 12.1. The minimum atomic E-state index is 0.0276. The Bertz CT molecular complexity index is 851. The van der Waals surface area contributed by atoms with Crippen LogP contribution >= 0.6 is 23.1 Å². The zero-order valence-electron chi connectivity index (χ0n) is 14.0. The van der Waals surface area contributed by atoms with Crippen LogP contribution in [-0.2, 0) is 4.79 Å². The number of aromatic nitrogens is 2. The minimum absolute atomic E-state index is 0.0276. The number of para-hydroxylation sites is 2. The second-order valence-corrected chi connectivity index (χ2v) is 7.59. The summed E-state index contributed by atoms with van der Waals surface area (Å²) in [4.78, 5) is 14.0. The number of carbonyl (C=O) groups is 1. The van der Waals surface area contributed by atoms with Gasteiger partial charge in [0.1, 0.15) is 0 Å². The fraction of sp³-hybridized carbons (Fsp3) is 0.167. The SMILES string of the molecule is Cc1ccccc1Nc1nnc(SCC(=O)N(C)c2ccccc2)s1. The van der Waals surface area contributed by atoms with Crippen molar-refractivity contribution in [1.29, 1.82) is 0 Å². The van der Waals surface area contributed by atoms with E-state index in [2.05, 4.69) is 15.5 Å². The molecular weight excluding hydrogens is 352 g/mol. The van der Waals surface area contributed by atoms with Crippen LogP contribution in [0.15, 0.2) is 58.9 Å². The van der Waals surface area contributed by atoms with Crippen molar-refractivity contribution in [3.05, 3.63) is 60.2 Å². The Labute approximate surface area is 155 Å². The highest BCUT2D eigenvalue weighted by Gasteiger charge is 2.13. The summed E-state index contributed by atoms with van der Waals surface area (Å²) in [5.74, 6) is 0.351. The summed E-state index contributed by atoms with van der Waals surface area (Å²) in [5, 5.41) is 12.3. The average molecular weight is 371 g/mol. The van der Waals surface area contributed by atoms with Crippen LogP contribution in [0.5, 0.6) is 0 Å². The summed E-state index contributed by atoms with van der Waals surface area (Å²) < 4.78 is 0.769. The number of thioether (sulfide) groups is 1. The van der Waals surface area contributed by atoms with Crippen LogP contribution in [0.25, 0.3) is 0 Å². The summed E-state index contributed by atoms with van der Waals surface area (Å²) >= 11 is 2.85. The fourth-order valence-electron chi connectivity index (χ4n) is 2.16. The summed E-state index contributed by atoms with van der Waals surface area (Å²) in [6.45, 7) is 2.04. The predicted octanol–water partition coefficient (Wildman–Crippen LogP) is 4.35. The van der Waals surface area contributed by atoms with E-state index in [0.29, 0.717) is 5.75 Å². The van der Waals surface area contributed by atoms with Crippen LogP contribution < -0.4 is 10.2 Å². The second-order valence-electron chi connectivity index (χ2n) is 5.39. The van der Waals surface area contributed by atoms with Crippen molar-refractivity contribution in [2.24, 2.45) is 0 Å². The van der Waals surface area contributed by atoms with Crippen molar-refractivity contribution in [2.75, 3.05) is 23.0 Å². The molecule has 7 heteroatoms. The van der Waals surface area contributed by atoms with Crippen molar-refractivity contribution in [1.82, 2.24) is 10.2 Å². The summed E-state index contributed by atoms with van der Waals surface area (Å²) in [7, 11) is 1.78. The minimum Gasteiger partial charge on any atom is -0.330 e. The zero-order valence-corrected chi connectivity index (χ0v) is 15.6. The molecule has 0 aliphatic carbocycles. The molecule has 0 radical (unpaired) electrons. The van der Waals surface area contributed by atoms with Crippen LogP contribution in [0.1, 0.15) is 5.56 Å². The number of aryl methyl sites for hydroxylation is 1. The quantitative estimate of drug-likeness (QED) is 0.654. The van der Waals surface area contributed by atoms with Gasteiger partial charge in [-0.15, -0.1) is 10.2 Å². The number of amides is 1. The smallest absolute Gasteiger partial charge is 0.237 e. The lowest BCUT2D eigenvalue weighted by Crippen LogP contribution is -2.27. The number of rotatable bonds is 6. The number of carbonyl (C=O) groups excluding carboxylic acids is 1. The number of nitrogens with zero attached hydrogens (tertiary/aromatic N) is 3. The standard InChI is InChI=1S/C18H18N4OS2/c1-13-8-6-7-11-15(13)19-17-20-21-18(25-17)24-12-16(23)22(2)14-9-4-3-5-10-14/h3-11H,12H2,1-2H3,(H,19,20). The molecular formula is C18H18N4OS2. The number of hydrogen-bond donors (Lipinski definition) is 1. The Morgan fingerprint density at radius 2 is 1.84 bits per heavy atom. The molecule has 128 valence electrons. The largest absolute Gasteiger partial charge is 0.330 e. The van der Waals surface area contributed by atoms with Gasteiger partial charge in [0.15, 0.2) is 4.34 Å². The number of hydrogen-bond acceptors (Lipinski definition) is 6. The van der Waals surface area contributed by atoms with Gasteiger partial charge in [-0.25, -0.2) is 0 Å². The van der Waals surface area contributed by atoms with Gasteiger partial charge in [0, 0.05) is 18.4 Å². The van der Waals surface area contributed by atoms with Crippen molar-refractivity contribution < 1.29 is 4.79 Å². The molecule has 0 bridgehead atoms. The van der Waals surface area contributed by atoms with Gasteiger partial charge in [-0.05, 0) is 30.7 Å².